The molecule has 25 heavy (non-hydrogen) atoms. The number of aromatic hydroxyl groups is 1. The molecule has 0 radical (unpaired) electrons. The summed E-state index contributed by atoms with van der Waals surface area (Å²) in [5.41, 5.74) is 13.2. The average molecular weight is 563 g/mol. The monoisotopic (exact) mass is 563 g/mol. The van der Waals surface area contributed by atoms with Gasteiger partial charge in [-0.3, -0.25) is 4.98 Å². The van der Waals surface area contributed by atoms with E-state index in [-0.39, 0.29) is 17.6 Å². The Morgan fingerprint density at radius 3 is 2.00 bits per heavy atom. The van der Waals surface area contributed by atoms with Crippen molar-refractivity contribution in [3.8, 4) is 28.4 Å². The van der Waals surface area contributed by atoms with Crippen LogP contribution in [-0.4, -0.2) is 32.0 Å². The number of hydrogen-bond acceptors (Lipinski definition) is 8. The van der Waals surface area contributed by atoms with Crippen LogP contribution in [0.4, 0.5) is 11.9 Å². The molecule has 0 fully saturated rings. The van der Waals surface area contributed by atoms with Crippen LogP contribution >= 0.6 is 45.2 Å². The first-order valence-corrected chi connectivity index (χ1v) is 9.51. The summed E-state index contributed by atoms with van der Waals surface area (Å²) in [5, 5.41) is 9.96. The number of rotatable bonds is 2. The van der Waals surface area contributed by atoms with Crippen LogP contribution in [0.5, 0.6) is 5.75 Å². The molecular formula is C15H15I2N7O. The number of pyridine rings is 1. The zero-order valence-electron chi connectivity index (χ0n) is 13.1. The van der Waals surface area contributed by atoms with E-state index in [1.54, 1.807) is 18.2 Å². The predicted octanol–water partition coefficient (Wildman–Crippen LogP) is 3.07. The summed E-state index contributed by atoms with van der Waals surface area (Å²) in [4.78, 5) is 19.9. The molecule has 130 valence electrons. The second kappa shape index (κ2) is 9.03. The molecule has 0 aromatic carbocycles. The van der Waals surface area contributed by atoms with Gasteiger partial charge < -0.3 is 16.6 Å². The van der Waals surface area contributed by atoms with Crippen LogP contribution in [0.3, 0.4) is 0 Å². The zero-order chi connectivity index (χ0) is 18.4. The van der Waals surface area contributed by atoms with Crippen molar-refractivity contribution in [2.75, 3.05) is 11.5 Å². The van der Waals surface area contributed by atoms with Crippen LogP contribution in [-0.2, 0) is 0 Å². The molecule has 0 aliphatic heterocycles. The van der Waals surface area contributed by atoms with Crippen molar-refractivity contribution in [2.24, 2.45) is 0 Å². The van der Waals surface area contributed by atoms with E-state index in [9.17, 15) is 5.11 Å². The smallest absolute Gasteiger partial charge is 0.220 e. The number of nitrogens with two attached hydrogens (primary N) is 2. The molecule has 3 aromatic rings. The maximum atomic E-state index is 9.96. The first-order chi connectivity index (χ1) is 11.9. The highest BCUT2D eigenvalue weighted by Crippen LogP contribution is 2.30. The third-order valence-electron chi connectivity index (χ3n) is 2.77. The fraction of sp³-hybridized carbons (Fsp3) is 0.133. The molecule has 10 heteroatoms. The van der Waals surface area contributed by atoms with Gasteiger partial charge in [-0.15, -0.1) is 0 Å². The van der Waals surface area contributed by atoms with Gasteiger partial charge in [0, 0.05) is 18.0 Å². The summed E-state index contributed by atoms with van der Waals surface area (Å²) in [5.74, 6) is 0.255. The Balaban J connectivity index is 0.000000511. The number of hydrogen-bond donors (Lipinski definition) is 3. The largest absolute Gasteiger partial charge is 0.506 e. The standard InChI is InChI=1S/C13H11N7O.C2H4I2/c14-12-16-3-1-8(19-12)7-5-10(18-6-11(7)21)9-2-4-17-13(15)20-9;1-2(3)4/h1-6,21H,(H2,14,16,19)(H2,15,17,20);2H,1H3. The molecule has 3 aromatic heterocycles. The quantitative estimate of drug-likeness (QED) is 0.320. The van der Waals surface area contributed by atoms with Crippen LogP contribution in [0.25, 0.3) is 22.6 Å². The van der Waals surface area contributed by atoms with Crippen molar-refractivity contribution in [1.29, 1.82) is 0 Å². The zero-order valence-corrected chi connectivity index (χ0v) is 17.5. The van der Waals surface area contributed by atoms with E-state index < -0.39 is 0 Å². The molecule has 0 amide bonds. The van der Waals surface area contributed by atoms with E-state index in [0.29, 0.717) is 22.6 Å². The number of anilines is 2. The van der Waals surface area contributed by atoms with Crippen LogP contribution in [0, 0.1) is 0 Å². The Morgan fingerprint density at radius 2 is 1.44 bits per heavy atom. The van der Waals surface area contributed by atoms with Crippen LogP contribution in [0.15, 0.2) is 36.8 Å². The summed E-state index contributed by atoms with van der Waals surface area (Å²) in [6.45, 7) is 2.14. The number of alkyl halides is 2. The highest BCUT2D eigenvalue weighted by molar-refractivity contribution is 14.2. The van der Waals surface area contributed by atoms with Gasteiger partial charge >= 0.3 is 0 Å². The van der Waals surface area contributed by atoms with Gasteiger partial charge in [0.15, 0.2) is 0 Å². The van der Waals surface area contributed by atoms with E-state index >= 15 is 0 Å². The molecule has 0 atom stereocenters. The average Bonchev–Trinajstić information content (AvgIpc) is 2.55. The van der Waals surface area contributed by atoms with Crippen molar-refractivity contribution < 1.29 is 5.11 Å². The molecule has 3 heterocycles. The summed E-state index contributed by atoms with van der Waals surface area (Å²) in [6, 6.07) is 4.97. The van der Waals surface area contributed by atoms with Crippen LogP contribution in [0.1, 0.15) is 6.92 Å². The first-order valence-electron chi connectivity index (χ1n) is 7.01. The Kier molecular flexibility index (Phi) is 7.04. The van der Waals surface area contributed by atoms with Gasteiger partial charge in [0.2, 0.25) is 11.9 Å². The maximum Gasteiger partial charge on any atom is 0.220 e. The normalized spacial score (nSPS) is 10.2. The second-order valence-electron chi connectivity index (χ2n) is 4.71. The van der Waals surface area contributed by atoms with Gasteiger partial charge in [0.1, 0.15) is 5.75 Å². The molecule has 0 aliphatic carbocycles. The maximum absolute atomic E-state index is 9.96. The predicted molar refractivity (Wildman–Crippen MR) is 114 cm³/mol. The summed E-state index contributed by atoms with van der Waals surface area (Å²) < 4.78 is 0.773. The van der Waals surface area contributed by atoms with Crippen molar-refractivity contribution in [3.05, 3.63) is 36.8 Å². The highest BCUT2D eigenvalue weighted by Gasteiger charge is 2.11. The molecule has 0 bridgehead atoms. The Bertz CT molecular complexity index is 858. The molecule has 0 saturated carbocycles. The lowest BCUT2D eigenvalue weighted by Gasteiger charge is -2.07. The van der Waals surface area contributed by atoms with Crippen molar-refractivity contribution in [1.82, 2.24) is 24.9 Å². The molecule has 0 unspecified atom stereocenters. The van der Waals surface area contributed by atoms with Gasteiger partial charge in [-0.1, -0.05) is 45.2 Å². The number of nitrogen functional groups attached to an aromatic ring is 2. The minimum atomic E-state index is -0.0149. The van der Waals surface area contributed by atoms with Crippen LogP contribution in [0.2, 0.25) is 0 Å². The van der Waals surface area contributed by atoms with E-state index in [1.165, 1.54) is 18.6 Å². The van der Waals surface area contributed by atoms with Gasteiger partial charge in [0.05, 0.1) is 25.2 Å². The fourth-order valence-corrected chi connectivity index (χ4v) is 1.83. The third-order valence-corrected chi connectivity index (χ3v) is 2.77. The molecule has 0 spiro atoms. The van der Waals surface area contributed by atoms with E-state index in [1.807, 2.05) is 0 Å². The van der Waals surface area contributed by atoms with E-state index in [4.69, 9.17) is 11.5 Å². The Hall–Kier alpha value is -1.83. The van der Waals surface area contributed by atoms with Crippen molar-refractivity contribution in [3.63, 3.8) is 0 Å². The summed E-state index contributed by atoms with van der Waals surface area (Å²) >= 11 is 4.66. The minimum absolute atomic E-state index is 0.0149. The highest BCUT2D eigenvalue weighted by atomic mass is 127. The Labute approximate surface area is 171 Å². The van der Waals surface area contributed by atoms with Crippen molar-refractivity contribution >= 4 is 57.1 Å². The summed E-state index contributed by atoms with van der Waals surface area (Å²) in [7, 11) is 0. The number of nitrogens with zero attached hydrogens (tertiary/aromatic N) is 5. The summed E-state index contributed by atoms with van der Waals surface area (Å²) in [6.07, 6.45) is 4.37. The minimum Gasteiger partial charge on any atom is -0.506 e. The van der Waals surface area contributed by atoms with E-state index in [2.05, 4.69) is 77.0 Å². The van der Waals surface area contributed by atoms with Crippen LogP contribution < -0.4 is 11.5 Å². The van der Waals surface area contributed by atoms with Crippen molar-refractivity contribution in [2.45, 2.75) is 8.86 Å². The second-order valence-corrected chi connectivity index (χ2v) is 10.8. The fourth-order valence-electron chi connectivity index (χ4n) is 1.83. The Morgan fingerprint density at radius 1 is 0.920 bits per heavy atom. The molecule has 3 rings (SSSR count). The molecule has 8 nitrogen and oxygen atoms in total. The lowest BCUT2D eigenvalue weighted by atomic mass is 10.1. The third kappa shape index (κ3) is 5.88. The van der Waals surface area contributed by atoms with Gasteiger partial charge in [0.25, 0.3) is 0 Å². The first kappa shape index (κ1) is 19.5. The lowest BCUT2D eigenvalue weighted by Crippen LogP contribution is -1.98. The number of halogens is 2. The molecule has 5 N–H and O–H groups in total. The molecular weight excluding hydrogens is 548 g/mol. The van der Waals surface area contributed by atoms with Gasteiger partial charge in [-0.05, 0) is 25.1 Å². The SMILES string of the molecule is CC(I)I.Nc1nccc(-c2cc(-c3ccnc(N)n3)c(O)cn2)n1. The number of aromatic nitrogens is 5. The topological polar surface area (TPSA) is 137 Å². The van der Waals surface area contributed by atoms with Gasteiger partial charge in [-0.2, -0.15) is 0 Å². The molecule has 0 saturated heterocycles. The van der Waals surface area contributed by atoms with Gasteiger partial charge in [-0.25, -0.2) is 19.9 Å². The van der Waals surface area contributed by atoms with E-state index in [0.717, 1.165) is 1.93 Å². The lowest BCUT2D eigenvalue weighted by molar-refractivity contribution is 0.474. The molecule has 0 aliphatic rings.